The summed E-state index contributed by atoms with van der Waals surface area (Å²) < 4.78 is 0. The van der Waals surface area contributed by atoms with Crippen molar-refractivity contribution in [3.8, 4) is 0 Å². The van der Waals surface area contributed by atoms with Crippen LogP contribution in [0.2, 0.25) is 0 Å². The Hall–Kier alpha value is -2.15. The molecule has 0 heterocycles. The maximum Gasteiger partial charge on any atom is 0.186 e. The molecule has 1 aromatic carbocycles. The van der Waals surface area contributed by atoms with E-state index in [0.29, 0.717) is 5.57 Å². The highest BCUT2D eigenvalue weighted by molar-refractivity contribution is 6.31. The predicted molar refractivity (Wildman–Crippen MR) is 95.9 cm³/mol. The van der Waals surface area contributed by atoms with E-state index in [4.69, 9.17) is 0 Å². The summed E-state index contributed by atoms with van der Waals surface area (Å²) in [5.41, 5.74) is 7.13. The molecule has 2 rings (SSSR count). The van der Waals surface area contributed by atoms with Crippen molar-refractivity contribution in [1.29, 1.82) is 0 Å². The molecule has 0 atom stereocenters. The number of hydrogen-bond donors (Lipinski definition) is 0. The van der Waals surface area contributed by atoms with E-state index in [1.165, 1.54) is 11.1 Å². The van der Waals surface area contributed by atoms with Crippen molar-refractivity contribution in [2.75, 3.05) is 0 Å². The number of benzene rings is 1. The standard InChI is InChI=1S/C21H24O/c1-8-9-13(2)17-12-19(22)15(4)18-11-16(21(5,6)7)10-14(3)20(17)18/h8-12H,1,4H2,2-3,5-7H3/b13-9-. The van der Waals surface area contributed by atoms with E-state index in [2.05, 4.69) is 53.0 Å². The Morgan fingerprint density at radius 1 is 1.23 bits per heavy atom. The van der Waals surface area contributed by atoms with Gasteiger partial charge in [0.2, 0.25) is 0 Å². The predicted octanol–water partition coefficient (Wildman–Crippen LogP) is 5.40. The second kappa shape index (κ2) is 5.57. The minimum absolute atomic E-state index is 0.00947. The average molecular weight is 292 g/mol. The van der Waals surface area contributed by atoms with E-state index < -0.39 is 0 Å². The summed E-state index contributed by atoms with van der Waals surface area (Å²) >= 11 is 0. The fraction of sp³-hybridized carbons (Fsp3) is 0.286. The lowest BCUT2D eigenvalue weighted by Gasteiger charge is -2.27. The van der Waals surface area contributed by atoms with Crippen molar-refractivity contribution in [3.05, 3.63) is 71.3 Å². The summed E-state index contributed by atoms with van der Waals surface area (Å²) in [6.45, 7) is 18.4. The first-order chi connectivity index (χ1) is 10.2. The molecular weight excluding hydrogens is 268 g/mol. The third-order valence-corrected chi connectivity index (χ3v) is 4.16. The number of ketones is 1. The van der Waals surface area contributed by atoms with Gasteiger partial charge in [-0.2, -0.15) is 0 Å². The van der Waals surface area contributed by atoms with Gasteiger partial charge in [0.15, 0.2) is 5.78 Å². The largest absolute Gasteiger partial charge is 0.289 e. The molecule has 0 amide bonds. The number of fused-ring (bicyclic) bond motifs is 1. The fourth-order valence-electron chi connectivity index (χ4n) is 2.82. The van der Waals surface area contributed by atoms with Crippen molar-refractivity contribution < 1.29 is 4.79 Å². The monoisotopic (exact) mass is 292 g/mol. The minimum atomic E-state index is -0.00947. The van der Waals surface area contributed by atoms with Gasteiger partial charge < -0.3 is 0 Å². The summed E-state index contributed by atoms with van der Waals surface area (Å²) in [6, 6.07) is 4.34. The van der Waals surface area contributed by atoms with Crippen LogP contribution in [0.3, 0.4) is 0 Å². The maximum absolute atomic E-state index is 12.3. The number of carbonyl (C=O) groups excluding carboxylic acids is 1. The molecule has 1 aliphatic rings. The van der Waals surface area contributed by atoms with Gasteiger partial charge in [-0.3, -0.25) is 4.79 Å². The highest BCUT2D eigenvalue weighted by atomic mass is 16.1. The molecule has 1 aliphatic carbocycles. The number of aryl methyl sites for hydroxylation is 1. The first-order valence-electron chi connectivity index (χ1n) is 7.57. The van der Waals surface area contributed by atoms with Crippen LogP contribution < -0.4 is 0 Å². The second-order valence-electron chi connectivity index (χ2n) is 6.95. The van der Waals surface area contributed by atoms with Crippen molar-refractivity contribution in [1.82, 2.24) is 0 Å². The van der Waals surface area contributed by atoms with Gasteiger partial charge in [0, 0.05) is 5.57 Å². The first kappa shape index (κ1) is 16.2. The Balaban J connectivity index is 2.78. The number of hydrogen-bond acceptors (Lipinski definition) is 1. The van der Waals surface area contributed by atoms with Gasteiger partial charge in [-0.1, -0.05) is 52.1 Å². The molecular formula is C21H24O. The molecule has 1 nitrogen and oxygen atoms in total. The van der Waals surface area contributed by atoms with Crippen LogP contribution in [-0.4, -0.2) is 5.78 Å². The van der Waals surface area contributed by atoms with E-state index in [1.807, 2.05) is 13.0 Å². The maximum atomic E-state index is 12.3. The molecule has 0 N–H and O–H groups in total. The summed E-state index contributed by atoms with van der Waals surface area (Å²) in [7, 11) is 0. The van der Waals surface area contributed by atoms with E-state index in [0.717, 1.165) is 22.3 Å². The van der Waals surface area contributed by atoms with Gasteiger partial charge in [-0.15, -0.1) is 0 Å². The fourth-order valence-corrected chi connectivity index (χ4v) is 2.82. The molecule has 0 bridgehead atoms. The highest BCUT2D eigenvalue weighted by Crippen LogP contribution is 2.39. The summed E-state index contributed by atoms with van der Waals surface area (Å²) in [5.74, 6) is -0.00947. The molecule has 22 heavy (non-hydrogen) atoms. The Morgan fingerprint density at radius 3 is 2.41 bits per heavy atom. The molecule has 1 aromatic rings. The number of allylic oxidation sites excluding steroid dienone is 6. The normalized spacial score (nSPS) is 15.5. The van der Waals surface area contributed by atoms with Crippen LogP contribution >= 0.6 is 0 Å². The molecule has 1 heteroatoms. The molecule has 0 aliphatic heterocycles. The SMILES string of the molecule is C=C/C=C(/C)C1=CC(=O)C(=C)c2cc(C(C)(C)C)cc(C)c21. The lowest BCUT2D eigenvalue weighted by molar-refractivity contribution is -0.109. The Kier molecular flexibility index (Phi) is 4.10. The van der Waals surface area contributed by atoms with Crippen LogP contribution in [0.25, 0.3) is 11.1 Å². The quantitative estimate of drug-likeness (QED) is 0.526. The van der Waals surface area contributed by atoms with Crippen LogP contribution in [-0.2, 0) is 10.2 Å². The van der Waals surface area contributed by atoms with E-state index >= 15 is 0 Å². The minimum Gasteiger partial charge on any atom is -0.289 e. The third kappa shape index (κ3) is 2.76. The van der Waals surface area contributed by atoms with Crippen LogP contribution in [0, 0.1) is 6.92 Å². The Bertz CT molecular complexity index is 734. The van der Waals surface area contributed by atoms with Gasteiger partial charge in [0.25, 0.3) is 0 Å². The zero-order chi connectivity index (χ0) is 16.7. The second-order valence-corrected chi connectivity index (χ2v) is 6.95. The van der Waals surface area contributed by atoms with Gasteiger partial charge >= 0.3 is 0 Å². The average Bonchev–Trinajstić information content (AvgIpc) is 2.41. The summed E-state index contributed by atoms with van der Waals surface area (Å²) in [6.07, 6.45) is 5.39. The molecule has 0 unspecified atom stereocenters. The third-order valence-electron chi connectivity index (χ3n) is 4.16. The lowest BCUT2D eigenvalue weighted by atomic mass is 9.77. The van der Waals surface area contributed by atoms with Crippen LogP contribution in [0.5, 0.6) is 0 Å². The molecule has 0 fully saturated rings. The van der Waals surface area contributed by atoms with E-state index in [1.54, 1.807) is 12.2 Å². The van der Waals surface area contributed by atoms with E-state index in [9.17, 15) is 4.79 Å². The molecule has 0 saturated carbocycles. The smallest absolute Gasteiger partial charge is 0.186 e. The zero-order valence-electron chi connectivity index (χ0n) is 14.2. The lowest BCUT2D eigenvalue weighted by Crippen LogP contribution is -2.16. The molecule has 114 valence electrons. The summed E-state index contributed by atoms with van der Waals surface area (Å²) in [4.78, 5) is 12.3. The van der Waals surface area contributed by atoms with Gasteiger partial charge in [0.05, 0.1) is 0 Å². The first-order valence-corrected chi connectivity index (χ1v) is 7.57. The van der Waals surface area contributed by atoms with Gasteiger partial charge in [-0.05, 0) is 64.8 Å². The molecule has 0 aromatic heterocycles. The van der Waals surface area contributed by atoms with Crippen molar-refractivity contribution >= 4 is 16.9 Å². The Labute approximate surface area is 133 Å². The van der Waals surface area contributed by atoms with Crippen molar-refractivity contribution in [2.24, 2.45) is 0 Å². The topological polar surface area (TPSA) is 17.1 Å². The molecule has 0 radical (unpaired) electrons. The van der Waals surface area contributed by atoms with Crippen LogP contribution in [0.1, 0.15) is 49.9 Å². The molecule has 0 saturated heterocycles. The highest BCUT2D eigenvalue weighted by Gasteiger charge is 2.26. The zero-order valence-corrected chi connectivity index (χ0v) is 14.2. The van der Waals surface area contributed by atoms with Gasteiger partial charge in [-0.25, -0.2) is 0 Å². The number of rotatable bonds is 2. The van der Waals surface area contributed by atoms with Crippen molar-refractivity contribution in [3.63, 3.8) is 0 Å². The Morgan fingerprint density at radius 2 is 1.86 bits per heavy atom. The van der Waals surface area contributed by atoms with Crippen LogP contribution in [0.4, 0.5) is 0 Å². The summed E-state index contributed by atoms with van der Waals surface area (Å²) in [5, 5.41) is 0. The van der Waals surface area contributed by atoms with E-state index in [-0.39, 0.29) is 11.2 Å². The molecule has 0 spiro atoms. The van der Waals surface area contributed by atoms with Crippen LogP contribution in [0.15, 0.2) is 49.1 Å². The number of carbonyl (C=O) groups is 1. The van der Waals surface area contributed by atoms with Gasteiger partial charge in [0.1, 0.15) is 0 Å². The van der Waals surface area contributed by atoms with Crippen molar-refractivity contribution in [2.45, 2.75) is 40.0 Å².